The van der Waals surface area contributed by atoms with E-state index >= 15 is 0 Å². The van der Waals surface area contributed by atoms with E-state index in [4.69, 9.17) is 5.73 Å². The van der Waals surface area contributed by atoms with Crippen LogP contribution in [0, 0.1) is 6.92 Å². The van der Waals surface area contributed by atoms with Gasteiger partial charge in [-0.25, -0.2) is 0 Å². The van der Waals surface area contributed by atoms with Gasteiger partial charge in [-0.15, -0.1) is 0 Å². The van der Waals surface area contributed by atoms with E-state index < -0.39 is 0 Å². The number of hydrogen-bond acceptors (Lipinski definition) is 2. The number of aryl methyl sites for hydroxylation is 2. The molecule has 2 rings (SSSR count). The average Bonchev–Trinajstić information content (AvgIpc) is 2.40. The van der Waals surface area contributed by atoms with Gasteiger partial charge < -0.3 is 10.6 Å². The normalized spacial score (nSPS) is 22.9. The first-order valence-corrected chi connectivity index (χ1v) is 8.06. The molecule has 4 heteroatoms. The van der Waals surface area contributed by atoms with Gasteiger partial charge in [-0.1, -0.05) is 28.1 Å². The molecule has 0 aliphatic carbocycles. The van der Waals surface area contributed by atoms with E-state index in [1.54, 1.807) is 0 Å². The monoisotopic (exact) mass is 338 g/mol. The molecular weight excluding hydrogens is 316 g/mol. The van der Waals surface area contributed by atoms with Gasteiger partial charge in [0.1, 0.15) is 0 Å². The van der Waals surface area contributed by atoms with Crippen LogP contribution in [0.1, 0.15) is 37.3 Å². The van der Waals surface area contributed by atoms with Gasteiger partial charge in [0, 0.05) is 29.5 Å². The standard InChI is InChI=1S/C16H23BrN2O/c1-11-9-13(3-5-15(11)17)4-6-16(20)19-8-7-14(18)10-12(19)2/h3,5,9,12,14H,4,6-8,10,18H2,1-2H3/t12-,14-/m1/s1. The molecule has 1 aromatic carbocycles. The third-order valence-corrected chi connectivity index (χ3v) is 4.98. The average molecular weight is 339 g/mol. The number of carbonyl (C=O) groups excluding carboxylic acids is 1. The number of piperidine rings is 1. The molecule has 1 fully saturated rings. The van der Waals surface area contributed by atoms with E-state index in [-0.39, 0.29) is 18.0 Å². The summed E-state index contributed by atoms with van der Waals surface area (Å²) in [6, 6.07) is 6.81. The molecule has 20 heavy (non-hydrogen) atoms. The van der Waals surface area contributed by atoms with Gasteiger partial charge in [0.15, 0.2) is 0 Å². The largest absolute Gasteiger partial charge is 0.340 e. The third kappa shape index (κ3) is 3.83. The molecular formula is C16H23BrN2O. The molecule has 3 nitrogen and oxygen atoms in total. The van der Waals surface area contributed by atoms with E-state index in [1.807, 2.05) is 4.90 Å². The Kier molecular flexibility index (Phi) is 5.22. The van der Waals surface area contributed by atoms with Crippen molar-refractivity contribution in [3.63, 3.8) is 0 Å². The second-order valence-electron chi connectivity index (χ2n) is 5.80. The Bertz CT molecular complexity index is 489. The summed E-state index contributed by atoms with van der Waals surface area (Å²) in [6.07, 6.45) is 3.24. The van der Waals surface area contributed by atoms with Crippen LogP contribution in [0.4, 0.5) is 0 Å². The number of amides is 1. The maximum atomic E-state index is 12.3. The highest BCUT2D eigenvalue weighted by Crippen LogP contribution is 2.20. The summed E-state index contributed by atoms with van der Waals surface area (Å²) < 4.78 is 1.12. The van der Waals surface area contributed by atoms with Gasteiger partial charge in [0.05, 0.1) is 0 Å². The number of carbonyl (C=O) groups is 1. The quantitative estimate of drug-likeness (QED) is 0.920. The van der Waals surface area contributed by atoms with Crippen LogP contribution < -0.4 is 5.73 Å². The molecule has 0 unspecified atom stereocenters. The second-order valence-corrected chi connectivity index (χ2v) is 6.66. The minimum absolute atomic E-state index is 0.253. The minimum atomic E-state index is 0.253. The Labute approximate surface area is 129 Å². The molecule has 1 saturated heterocycles. The summed E-state index contributed by atoms with van der Waals surface area (Å²) >= 11 is 3.50. The number of benzene rings is 1. The molecule has 0 bridgehead atoms. The summed E-state index contributed by atoms with van der Waals surface area (Å²) in [5.74, 6) is 0.255. The van der Waals surface area contributed by atoms with Gasteiger partial charge >= 0.3 is 0 Å². The van der Waals surface area contributed by atoms with Gasteiger partial charge in [-0.05, 0) is 50.3 Å². The van der Waals surface area contributed by atoms with Crippen LogP contribution >= 0.6 is 15.9 Å². The van der Waals surface area contributed by atoms with Gasteiger partial charge in [-0.2, -0.15) is 0 Å². The van der Waals surface area contributed by atoms with Crippen molar-refractivity contribution in [3.05, 3.63) is 33.8 Å². The smallest absolute Gasteiger partial charge is 0.223 e. The molecule has 2 N–H and O–H groups in total. The van der Waals surface area contributed by atoms with Crippen molar-refractivity contribution in [2.45, 2.75) is 51.6 Å². The summed E-state index contributed by atoms with van der Waals surface area (Å²) in [4.78, 5) is 14.3. The van der Waals surface area contributed by atoms with Crippen LogP contribution in [0.25, 0.3) is 0 Å². The molecule has 1 aromatic rings. The Morgan fingerprint density at radius 1 is 1.50 bits per heavy atom. The van der Waals surface area contributed by atoms with Crippen molar-refractivity contribution in [2.24, 2.45) is 5.73 Å². The molecule has 0 spiro atoms. The predicted octanol–water partition coefficient (Wildman–Crippen LogP) is 3.03. The predicted molar refractivity (Wildman–Crippen MR) is 85.6 cm³/mol. The van der Waals surface area contributed by atoms with Crippen molar-refractivity contribution in [2.75, 3.05) is 6.54 Å². The number of halogens is 1. The number of likely N-dealkylation sites (tertiary alicyclic amines) is 1. The Morgan fingerprint density at radius 2 is 2.25 bits per heavy atom. The van der Waals surface area contributed by atoms with Crippen molar-refractivity contribution >= 4 is 21.8 Å². The molecule has 1 heterocycles. The van der Waals surface area contributed by atoms with Gasteiger partial charge in [-0.3, -0.25) is 4.79 Å². The molecule has 1 amide bonds. The van der Waals surface area contributed by atoms with Crippen LogP contribution in [0.2, 0.25) is 0 Å². The summed E-state index contributed by atoms with van der Waals surface area (Å²) in [5.41, 5.74) is 8.38. The third-order valence-electron chi connectivity index (χ3n) is 4.09. The van der Waals surface area contributed by atoms with E-state index in [1.165, 1.54) is 11.1 Å². The van der Waals surface area contributed by atoms with E-state index in [9.17, 15) is 4.79 Å². The molecule has 0 radical (unpaired) electrons. The first-order chi connectivity index (χ1) is 9.47. The highest BCUT2D eigenvalue weighted by molar-refractivity contribution is 9.10. The van der Waals surface area contributed by atoms with E-state index in [0.717, 1.165) is 30.3 Å². The fourth-order valence-corrected chi connectivity index (χ4v) is 3.08. The summed E-state index contributed by atoms with van der Waals surface area (Å²) in [7, 11) is 0. The molecule has 2 atom stereocenters. The molecule has 0 saturated carbocycles. The molecule has 0 aromatic heterocycles. The number of rotatable bonds is 3. The zero-order valence-electron chi connectivity index (χ0n) is 12.2. The maximum Gasteiger partial charge on any atom is 0.223 e. The SMILES string of the molecule is Cc1cc(CCC(=O)N2CC[C@@H](N)C[C@H]2C)ccc1Br. The fraction of sp³-hybridized carbons (Fsp3) is 0.562. The lowest BCUT2D eigenvalue weighted by molar-refractivity contribution is -0.134. The Hall–Kier alpha value is -0.870. The lowest BCUT2D eigenvalue weighted by Crippen LogP contribution is -2.48. The van der Waals surface area contributed by atoms with Crippen molar-refractivity contribution in [1.82, 2.24) is 4.90 Å². The van der Waals surface area contributed by atoms with Crippen LogP contribution in [-0.2, 0) is 11.2 Å². The summed E-state index contributed by atoms with van der Waals surface area (Å²) in [6.45, 7) is 4.98. The first kappa shape index (κ1) is 15.5. The zero-order valence-corrected chi connectivity index (χ0v) is 13.8. The highest BCUT2D eigenvalue weighted by atomic mass is 79.9. The Morgan fingerprint density at radius 3 is 2.90 bits per heavy atom. The Balaban J connectivity index is 1.90. The van der Waals surface area contributed by atoms with Gasteiger partial charge in [0.25, 0.3) is 0 Å². The first-order valence-electron chi connectivity index (χ1n) is 7.27. The summed E-state index contributed by atoms with van der Waals surface area (Å²) in [5, 5.41) is 0. The number of nitrogens with two attached hydrogens (primary N) is 1. The van der Waals surface area contributed by atoms with Crippen LogP contribution in [-0.4, -0.2) is 29.4 Å². The number of nitrogens with zero attached hydrogens (tertiary/aromatic N) is 1. The lowest BCUT2D eigenvalue weighted by Gasteiger charge is -2.36. The van der Waals surface area contributed by atoms with Crippen LogP contribution in [0.5, 0.6) is 0 Å². The topological polar surface area (TPSA) is 46.3 Å². The van der Waals surface area contributed by atoms with Crippen molar-refractivity contribution in [3.8, 4) is 0 Å². The lowest BCUT2D eigenvalue weighted by atomic mass is 9.98. The van der Waals surface area contributed by atoms with Crippen LogP contribution in [0.3, 0.4) is 0 Å². The number of hydrogen-bond donors (Lipinski definition) is 1. The van der Waals surface area contributed by atoms with Crippen molar-refractivity contribution < 1.29 is 4.79 Å². The molecule has 1 aliphatic heterocycles. The van der Waals surface area contributed by atoms with E-state index in [2.05, 4.69) is 48.0 Å². The highest BCUT2D eigenvalue weighted by Gasteiger charge is 2.26. The van der Waals surface area contributed by atoms with Gasteiger partial charge in [0.2, 0.25) is 5.91 Å². The maximum absolute atomic E-state index is 12.3. The minimum Gasteiger partial charge on any atom is -0.340 e. The fourth-order valence-electron chi connectivity index (χ4n) is 2.84. The second kappa shape index (κ2) is 6.72. The molecule has 1 aliphatic rings. The van der Waals surface area contributed by atoms with E-state index in [0.29, 0.717) is 6.42 Å². The zero-order chi connectivity index (χ0) is 14.7. The van der Waals surface area contributed by atoms with Crippen LogP contribution in [0.15, 0.2) is 22.7 Å². The van der Waals surface area contributed by atoms with Crippen molar-refractivity contribution in [1.29, 1.82) is 0 Å². The molecule has 110 valence electrons.